The first-order valence-corrected chi connectivity index (χ1v) is 8.79. The van der Waals surface area contributed by atoms with Crippen LogP contribution >= 0.6 is 0 Å². The van der Waals surface area contributed by atoms with E-state index in [1.807, 2.05) is 0 Å². The van der Waals surface area contributed by atoms with Gasteiger partial charge in [0.2, 0.25) is 0 Å². The van der Waals surface area contributed by atoms with Gasteiger partial charge in [0.05, 0.1) is 18.8 Å². The first-order chi connectivity index (χ1) is 13.3. The Kier molecular flexibility index (Phi) is 7.45. The second-order valence-electron chi connectivity index (χ2n) is 6.22. The van der Waals surface area contributed by atoms with Crippen molar-refractivity contribution in [2.45, 2.75) is 19.8 Å². The van der Waals surface area contributed by atoms with E-state index in [1.165, 1.54) is 12.1 Å². The first-order valence-electron chi connectivity index (χ1n) is 8.79. The number of carbonyl (C=O) groups excluding carboxylic acids is 2. The van der Waals surface area contributed by atoms with Gasteiger partial charge in [0.25, 0.3) is 0 Å². The molecular formula is C21H24N2O5. The maximum Gasteiger partial charge on any atom is 0.338 e. The normalized spacial score (nSPS) is 10.2. The number of ether oxygens (including phenoxy) is 3. The van der Waals surface area contributed by atoms with Gasteiger partial charge in [0, 0.05) is 16.9 Å². The lowest BCUT2D eigenvalue weighted by Gasteiger charge is -2.09. The molecular weight excluding hydrogens is 360 g/mol. The lowest BCUT2D eigenvalue weighted by atomic mass is 10.2. The van der Waals surface area contributed by atoms with Crippen molar-refractivity contribution in [3.8, 4) is 11.5 Å². The van der Waals surface area contributed by atoms with Gasteiger partial charge in [-0.25, -0.2) is 9.59 Å². The monoisotopic (exact) mass is 384 g/mol. The van der Waals surface area contributed by atoms with Crippen LogP contribution in [-0.2, 0) is 9.53 Å². The van der Waals surface area contributed by atoms with E-state index in [1.54, 1.807) is 37.3 Å². The van der Waals surface area contributed by atoms with Crippen LogP contribution in [0.2, 0.25) is 0 Å². The summed E-state index contributed by atoms with van der Waals surface area (Å²) in [7, 11) is 0. The molecule has 0 radical (unpaired) electrons. The molecule has 0 atom stereocenters. The van der Waals surface area contributed by atoms with Gasteiger partial charge in [-0.1, -0.05) is 6.58 Å². The average molecular weight is 384 g/mol. The number of benzene rings is 2. The molecule has 0 aliphatic rings. The third kappa shape index (κ3) is 6.68. The zero-order chi connectivity index (χ0) is 20.5. The standard InChI is InChI=1S/C21H24N2O5/c1-14(2)20(24)28-19-7-5-18(6-8-19)26-9-3-4-10-27-21(25)15-11-16(22)13-17(23)12-15/h5-8,11-13H,1,3-4,9-10,22-23H2,2H3. The van der Waals surface area contributed by atoms with Crippen LogP contribution in [0.5, 0.6) is 11.5 Å². The molecule has 7 nitrogen and oxygen atoms in total. The van der Waals surface area contributed by atoms with E-state index >= 15 is 0 Å². The molecule has 0 heterocycles. The van der Waals surface area contributed by atoms with Crippen molar-refractivity contribution in [1.29, 1.82) is 0 Å². The van der Waals surface area contributed by atoms with Crippen LogP contribution < -0.4 is 20.9 Å². The highest BCUT2D eigenvalue weighted by Crippen LogP contribution is 2.19. The molecule has 2 aromatic rings. The summed E-state index contributed by atoms with van der Waals surface area (Å²) in [6, 6.07) is 11.4. The van der Waals surface area contributed by atoms with Crippen molar-refractivity contribution in [1.82, 2.24) is 0 Å². The zero-order valence-electron chi connectivity index (χ0n) is 15.8. The number of anilines is 2. The summed E-state index contributed by atoms with van der Waals surface area (Å²) in [5.41, 5.74) is 12.8. The van der Waals surface area contributed by atoms with Crippen LogP contribution in [0.3, 0.4) is 0 Å². The Morgan fingerprint density at radius 3 is 2.11 bits per heavy atom. The van der Waals surface area contributed by atoms with Crippen molar-refractivity contribution in [2.24, 2.45) is 0 Å². The number of hydrogen-bond donors (Lipinski definition) is 2. The number of rotatable bonds is 9. The summed E-state index contributed by atoms with van der Waals surface area (Å²) in [5.74, 6) is 0.153. The Morgan fingerprint density at radius 2 is 1.50 bits per heavy atom. The van der Waals surface area contributed by atoms with Gasteiger partial charge in [-0.2, -0.15) is 0 Å². The molecule has 0 unspecified atom stereocenters. The molecule has 4 N–H and O–H groups in total. The van der Waals surface area contributed by atoms with Crippen LogP contribution in [0.25, 0.3) is 0 Å². The molecule has 2 aromatic carbocycles. The largest absolute Gasteiger partial charge is 0.494 e. The molecule has 0 saturated heterocycles. The van der Waals surface area contributed by atoms with Gasteiger partial charge in [-0.15, -0.1) is 0 Å². The van der Waals surface area contributed by atoms with Crippen LogP contribution in [-0.4, -0.2) is 25.2 Å². The Morgan fingerprint density at radius 1 is 0.929 bits per heavy atom. The second kappa shape index (κ2) is 10.0. The van der Waals surface area contributed by atoms with Crippen molar-refractivity contribution in [2.75, 3.05) is 24.7 Å². The molecule has 0 fully saturated rings. The molecule has 0 saturated carbocycles. The van der Waals surface area contributed by atoms with E-state index < -0.39 is 11.9 Å². The van der Waals surface area contributed by atoms with Gasteiger partial charge in [-0.3, -0.25) is 0 Å². The summed E-state index contributed by atoms with van der Waals surface area (Å²) < 4.78 is 15.9. The number of nitrogen functional groups attached to an aromatic ring is 2. The van der Waals surface area contributed by atoms with Crippen LogP contribution in [0.1, 0.15) is 30.1 Å². The topological polar surface area (TPSA) is 114 Å². The van der Waals surface area contributed by atoms with Gasteiger partial charge in [0.1, 0.15) is 11.5 Å². The highest BCUT2D eigenvalue weighted by atomic mass is 16.5. The van der Waals surface area contributed by atoms with Crippen molar-refractivity contribution >= 4 is 23.3 Å². The van der Waals surface area contributed by atoms with Crippen molar-refractivity contribution in [3.05, 3.63) is 60.2 Å². The molecule has 0 spiro atoms. The third-order valence-electron chi connectivity index (χ3n) is 3.64. The molecule has 0 aliphatic carbocycles. The van der Waals surface area contributed by atoms with Gasteiger partial charge in [-0.05, 0) is 62.2 Å². The maximum atomic E-state index is 11.9. The lowest BCUT2D eigenvalue weighted by Crippen LogP contribution is -2.09. The van der Waals surface area contributed by atoms with E-state index in [0.29, 0.717) is 53.5 Å². The summed E-state index contributed by atoms with van der Waals surface area (Å²) in [4.78, 5) is 23.4. The number of nitrogens with two attached hydrogens (primary N) is 2. The fourth-order valence-electron chi connectivity index (χ4n) is 2.23. The molecule has 7 heteroatoms. The number of esters is 2. The minimum Gasteiger partial charge on any atom is -0.494 e. The van der Waals surface area contributed by atoms with E-state index in [9.17, 15) is 9.59 Å². The predicted molar refractivity (Wildman–Crippen MR) is 107 cm³/mol. The second-order valence-corrected chi connectivity index (χ2v) is 6.22. The quantitative estimate of drug-likeness (QED) is 0.224. The summed E-state index contributed by atoms with van der Waals surface area (Å²) >= 11 is 0. The maximum absolute atomic E-state index is 11.9. The molecule has 28 heavy (non-hydrogen) atoms. The van der Waals surface area contributed by atoms with E-state index in [-0.39, 0.29) is 6.61 Å². The number of unbranched alkanes of at least 4 members (excludes halogenated alkanes) is 1. The minimum atomic E-state index is -0.468. The fourth-order valence-corrected chi connectivity index (χ4v) is 2.23. The molecule has 148 valence electrons. The van der Waals surface area contributed by atoms with Crippen LogP contribution in [0.4, 0.5) is 11.4 Å². The Balaban J connectivity index is 1.65. The zero-order valence-corrected chi connectivity index (χ0v) is 15.8. The highest BCUT2D eigenvalue weighted by Gasteiger charge is 2.09. The van der Waals surface area contributed by atoms with Gasteiger partial charge in [0.15, 0.2) is 0 Å². The Hall–Kier alpha value is -3.48. The van der Waals surface area contributed by atoms with Gasteiger partial charge >= 0.3 is 11.9 Å². The predicted octanol–water partition coefficient (Wildman–Crippen LogP) is 3.35. The minimum absolute atomic E-state index is 0.271. The van der Waals surface area contributed by atoms with Gasteiger partial charge < -0.3 is 25.7 Å². The number of carbonyl (C=O) groups is 2. The van der Waals surface area contributed by atoms with E-state index in [2.05, 4.69) is 6.58 Å². The summed E-state index contributed by atoms with van der Waals surface area (Å²) in [5, 5.41) is 0. The third-order valence-corrected chi connectivity index (χ3v) is 3.64. The Labute approximate surface area is 163 Å². The lowest BCUT2D eigenvalue weighted by molar-refractivity contribution is -0.130. The molecule has 2 rings (SSSR count). The van der Waals surface area contributed by atoms with E-state index in [4.69, 9.17) is 25.7 Å². The SMILES string of the molecule is C=C(C)C(=O)Oc1ccc(OCCCCOC(=O)c2cc(N)cc(N)c2)cc1. The molecule has 0 aliphatic heterocycles. The molecule has 0 aromatic heterocycles. The number of hydrogen-bond acceptors (Lipinski definition) is 7. The summed E-state index contributed by atoms with van der Waals surface area (Å²) in [6.07, 6.45) is 1.36. The smallest absolute Gasteiger partial charge is 0.338 e. The van der Waals surface area contributed by atoms with Crippen molar-refractivity contribution < 1.29 is 23.8 Å². The molecule has 0 amide bonds. The van der Waals surface area contributed by atoms with E-state index in [0.717, 1.165) is 0 Å². The Bertz CT molecular complexity index is 826. The van der Waals surface area contributed by atoms with Crippen LogP contribution in [0.15, 0.2) is 54.6 Å². The first kappa shape index (κ1) is 20.8. The van der Waals surface area contributed by atoms with Crippen LogP contribution in [0, 0.1) is 0 Å². The fraction of sp³-hybridized carbons (Fsp3) is 0.238. The average Bonchev–Trinajstić information content (AvgIpc) is 2.64. The summed E-state index contributed by atoms with van der Waals surface area (Å²) in [6.45, 7) is 5.85. The highest BCUT2D eigenvalue weighted by molar-refractivity contribution is 5.91. The molecule has 0 bridgehead atoms. The van der Waals surface area contributed by atoms with Crippen molar-refractivity contribution in [3.63, 3.8) is 0 Å².